The van der Waals surface area contributed by atoms with Crippen molar-refractivity contribution in [2.24, 2.45) is 10.9 Å². The van der Waals surface area contributed by atoms with Gasteiger partial charge >= 0.3 is 5.97 Å². The van der Waals surface area contributed by atoms with Crippen molar-refractivity contribution in [2.45, 2.75) is 26.3 Å². The first kappa shape index (κ1) is 16.6. The summed E-state index contributed by atoms with van der Waals surface area (Å²) in [5, 5.41) is 0.620. The van der Waals surface area contributed by atoms with E-state index < -0.39 is 12.0 Å². The zero-order chi connectivity index (χ0) is 16.1. The van der Waals surface area contributed by atoms with E-state index in [-0.39, 0.29) is 6.61 Å². The van der Waals surface area contributed by atoms with Crippen LogP contribution in [0.2, 0.25) is 5.02 Å². The van der Waals surface area contributed by atoms with Crippen molar-refractivity contribution < 1.29 is 19.0 Å². The number of ether oxygens (including phenoxy) is 3. The molecule has 1 aliphatic heterocycles. The van der Waals surface area contributed by atoms with Gasteiger partial charge in [-0.15, -0.1) is 0 Å². The molecular weight excluding hydrogens is 306 g/mol. The highest BCUT2D eigenvalue weighted by molar-refractivity contribution is 6.30. The minimum Gasteiger partial charge on any atom is -0.493 e. The number of carbonyl (C=O) groups is 1. The number of methoxy groups -OCH3 is 1. The fourth-order valence-electron chi connectivity index (χ4n) is 2.02. The first-order valence-electron chi connectivity index (χ1n) is 7.18. The second-order valence-corrected chi connectivity index (χ2v) is 5.94. The molecule has 2 rings (SSSR count). The number of hydrogen-bond donors (Lipinski definition) is 0. The average molecular weight is 326 g/mol. The Morgan fingerprint density at radius 1 is 1.50 bits per heavy atom. The van der Waals surface area contributed by atoms with Gasteiger partial charge in [-0.2, -0.15) is 0 Å². The lowest BCUT2D eigenvalue weighted by molar-refractivity contribution is -0.142. The van der Waals surface area contributed by atoms with Gasteiger partial charge in [0.25, 0.3) is 0 Å². The number of halogens is 1. The molecule has 6 heteroatoms. The van der Waals surface area contributed by atoms with Crippen molar-refractivity contribution in [3.63, 3.8) is 0 Å². The van der Waals surface area contributed by atoms with E-state index in [1.165, 1.54) is 7.11 Å². The van der Waals surface area contributed by atoms with E-state index in [4.69, 9.17) is 21.1 Å². The van der Waals surface area contributed by atoms with Crippen LogP contribution in [0.25, 0.3) is 0 Å². The third-order valence-corrected chi connectivity index (χ3v) is 3.35. The Kier molecular flexibility index (Phi) is 5.66. The predicted molar refractivity (Wildman–Crippen MR) is 84.7 cm³/mol. The SMILES string of the molecule is COC(=O)C1COC(Cc2cc(Cl)ccc2OCC(C)C)=N1. The Bertz CT molecular complexity index is 571. The highest BCUT2D eigenvalue weighted by atomic mass is 35.5. The molecule has 0 N–H and O–H groups in total. The third-order valence-electron chi connectivity index (χ3n) is 3.12. The van der Waals surface area contributed by atoms with E-state index in [0.29, 0.717) is 29.9 Å². The summed E-state index contributed by atoms with van der Waals surface area (Å²) in [7, 11) is 1.34. The Morgan fingerprint density at radius 2 is 2.27 bits per heavy atom. The lowest BCUT2D eigenvalue weighted by Gasteiger charge is -2.13. The second-order valence-electron chi connectivity index (χ2n) is 5.51. The van der Waals surface area contributed by atoms with Gasteiger partial charge in [0.15, 0.2) is 11.9 Å². The number of esters is 1. The van der Waals surface area contributed by atoms with Crippen LogP contribution in [-0.2, 0) is 20.7 Å². The topological polar surface area (TPSA) is 57.1 Å². The molecule has 1 aliphatic rings. The molecule has 0 aliphatic carbocycles. The smallest absolute Gasteiger partial charge is 0.334 e. The summed E-state index contributed by atoms with van der Waals surface area (Å²) in [6, 6.07) is 4.87. The zero-order valence-electron chi connectivity index (χ0n) is 13.0. The molecule has 0 aromatic heterocycles. The van der Waals surface area contributed by atoms with Gasteiger partial charge in [0.05, 0.1) is 20.1 Å². The molecule has 0 spiro atoms. The predicted octanol–water partition coefficient (Wildman–Crippen LogP) is 2.89. The molecular formula is C16H20ClNO4. The van der Waals surface area contributed by atoms with Gasteiger partial charge in [-0.3, -0.25) is 0 Å². The minimum absolute atomic E-state index is 0.213. The van der Waals surface area contributed by atoms with Gasteiger partial charge in [-0.25, -0.2) is 9.79 Å². The molecule has 0 saturated heterocycles. The summed E-state index contributed by atoms with van der Waals surface area (Å²) in [6.07, 6.45) is 0.432. The molecule has 1 heterocycles. The first-order valence-corrected chi connectivity index (χ1v) is 7.56. The van der Waals surface area contributed by atoms with Gasteiger partial charge < -0.3 is 14.2 Å². The van der Waals surface area contributed by atoms with Gasteiger partial charge in [0.2, 0.25) is 0 Å². The lowest BCUT2D eigenvalue weighted by Crippen LogP contribution is -2.21. The molecule has 0 bridgehead atoms. The summed E-state index contributed by atoms with van der Waals surface area (Å²) in [5.41, 5.74) is 0.886. The van der Waals surface area contributed by atoms with E-state index in [1.54, 1.807) is 6.07 Å². The van der Waals surface area contributed by atoms with Crippen LogP contribution in [0.5, 0.6) is 5.75 Å². The maximum absolute atomic E-state index is 11.5. The van der Waals surface area contributed by atoms with E-state index in [9.17, 15) is 4.79 Å². The van der Waals surface area contributed by atoms with Gasteiger partial charge in [-0.05, 0) is 24.1 Å². The molecule has 0 fully saturated rings. The summed E-state index contributed by atoms with van der Waals surface area (Å²) in [4.78, 5) is 15.7. The lowest BCUT2D eigenvalue weighted by atomic mass is 10.1. The Balaban J connectivity index is 2.11. The molecule has 1 atom stereocenters. The highest BCUT2D eigenvalue weighted by Gasteiger charge is 2.27. The number of carbonyl (C=O) groups excluding carboxylic acids is 1. The highest BCUT2D eigenvalue weighted by Crippen LogP contribution is 2.25. The van der Waals surface area contributed by atoms with Crippen LogP contribution < -0.4 is 4.74 Å². The average Bonchev–Trinajstić information content (AvgIpc) is 2.94. The largest absolute Gasteiger partial charge is 0.493 e. The number of rotatable bonds is 6. The molecule has 5 nitrogen and oxygen atoms in total. The van der Waals surface area contributed by atoms with E-state index >= 15 is 0 Å². The maximum atomic E-state index is 11.5. The van der Waals surface area contributed by atoms with Crippen LogP contribution in [0.15, 0.2) is 23.2 Å². The Labute approximate surface area is 135 Å². The minimum atomic E-state index is -0.584. The number of nitrogens with zero attached hydrogens (tertiary/aromatic N) is 1. The molecule has 1 aromatic rings. The summed E-state index contributed by atoms with van der Waals surface area (Å²) in [6.45, 7) is 5.00. The third kappa shape index (κ3) is 4.37. The maximum Gasteiger partial charge on any atom is 0.334 e. The summed E-state index contributed by atoms with van der Waals surface area (Å²) < 4.78 is 15.9. The van der Waals surface area contributed by atoms with Crippen molar-refractivity contribution in [1.82, 2.24) is 0 Å². The quantitative estimate of drug-likeness (QED) is 0.755. The van der Waals surface area contributed by atoms with Gasteiger partial charge in [0, 0.05) is 10.6 Å². The summed E-state index contributed by atoms with van der Waals surface area (Å²) >= 11 is 6.06. The van der Waals surface area contributed by atoms with Gasteiger partial charge in [-0.1, -0.05) is 25.4 Å². The van der Waals surface area contributed by atoms with Crippen molar-refractivity contribution in [3.05, 3.63) is 28.8 Å². The molecule has 0 amide bonds. The van der Waals surface area contributed by atoms with Crippen LogP contribution in [0.1, 0.15) is 19.4 Å². The van der Waals surface area contributed by atoms with Crippen molar-refractivity contribution in [1.29, 1.82) is 0 Å². The normalized spacial score (nSPS) is 17.1. The van der Waals surface area contributed by atoms with Gasteiger partial charge in [0.1, 0.15) is 12.4 Å². The van der Waals surface area contributed by atoms with Crippen LogP contribution in [0.4, 0.5) is 0 Å². The standard InChI is InChI=1S/C16H20ClNO4/c1-10(2)8-21-14-5-4-12(17)6-11(14)7-15-18-13(9-22-15)16(19)20-3/h4-6,10,13H,7-9H2,1-3H3. The van der Waals surface area contributed by atoms with Crippen LogP contribution in [0.3, 0.4) is 0 Å². The van der Waals surface area contributed by atoms with E-state index in [0.717, 1.165) is 11.3 Å². The van der Waals surface area contributed by atoms with E-state index in [2.05, 4.69) is 23.6 Å². The molecule has 1 aromatic carbocycles. The fourth-order valence-corrected chi connectivity index (χ4v) is 2.22. The van der Waals surface area contributed by atoms with Crippen molar-refractivity contribution in [2.75, 3.05) is 20.3 Å². The zero-order valence-corrected chi connectivity index (χ0v) is 13.7. The Morgan fingerprint density at radius 3 is 2.95 bits per heavy atom. The molecule has 22 heavy (non-hydrogen) atoms. The van der Waals surface area contributed by atoms with Crippen LogP contribution in [-0.4, -0.2) is 38.2 Å². The first-order chi connectivity index (χ1) is 10.5. The monoisotopic (exact) mass is 325 g/mol. The van der Waals surface area contributed by atoms with Crippen LogP contribution >= 0.6 is 11.6 Å². The number of benzene rings is 1. The van der Waals surface area contributed by atoms with Crippen LogP contribution in [0, 0.1) is 5.92 Å². The van der Waals surface area contributed by atoms with Crippen molar-refractivity contribution in [3.8, 4) is 5.75 Å². The number of hydrogen-bond acceptors (Lipinski definition) is 5. The Hall–Kier alpha value is -1.75. The fraction of sp³-hybridized carbons (Fsp3) is 0.500. The van der Waals surface area contributed by atoms with Crippen molar-refractivity contribution >= 4 is 23.5 Å². The molecule has 1 unspecified atom stereocenters. The number of aliphatic imine (C=N–C) groups is 1. The molecule has 0 radical (unpaired) electrons. The summed E-state index contributed by atoms with van der Waals surface area (Å²) in [5.74, 6) is 1.28. The van der Waals surface area contributed by atoms with E-state index in [1.807, 2.05) is 12.1 Å². The molecule has 120 valence electrons. The molecule has 0 saturated carbocycles. The second kappa shape index (κ2) is 7.49.